The highest BCUT2D eigenvalue weighted by molar-refractivity contribution is 5.10. The standard InChI is InChI=1S/C12H21N3O/c16-8-4-3-7-15-6-2-1-5-12(15)11-9-13-14-10-11/h9-10,12,16H,1-8H2,(H,13,14). The van der Waals surface area contributed by atoms with Crippen LogP contribution < -0.4 is 0 Å². The molecule has 0 saturated carbocycles. The van der Waals surface area contributed by atoms with Gasteiger partial charge in [0.15, 0.2) is 0 Å². The van der Waals surface area contributed by atoms with Gasteiger partial charge in [0.05, 0.1) is 6.20 Å². The van der Waals surface area contributed by atoms with E-state index in [9.17, 15) is 0 Å². The molecular formula is C12H21N3O. The molecular weight excluding hydrogens is 202 g/mol. The Morgan fingerprint density at radius 1 is 1.44 bits per heavy atom. The van der Waals surface area contributed by atoms with Crippen LogP contribution in [-0.2, 0) is 0 Å². The summed E-state index contributed by atoms with van der Waals surface area (Å²) in [5.74, 6) is 0. The summed E-state index contributed by atoms with van der Waals surface area (Å²) in [6.45, 7) is 2.59. The molecule has 0 amide bonds. The summed E-state index contributed by atoms with van der Waals surface area (Å²) in [6.07, 6.45) is 9.79. The van der Waals surface area contributed by atoms with Gasteiger partial charge in [-0.3, -0.25) is 10.00 Å². The number of unbranched alkanes of at least 4 members (excludes halogenated alkanes) is 1. The number of likely N-dealkylation sites (tertiary alicyclic amines) is 1. The maximum absolute atomic E-state index is 8.81. The van der Waals surface area contributed by atoms with Crippen molar-refractivity contribution in [2.45, 2.75) is 38.1 Å². The van der Waals surface area contributed by atoms with Gasteiger partial charge in [0, 0.05) is 24.4 Å². The Hall–Kier alpha value is -0.870. The highest BCUT2D eigenvalue weighted by atomic mass is 16.2. The quantitative estimate of drug-likeness (QED) is 0.747. The first-order valence-electron chi connectivity index (χ1n) is 6.25. The van der Waals surface area contributed by atoms with Crippen molar-refractivity contribution >= 4 is 0 Å². The molecule has 1 aromatic rings. The van der Waals surface area contributed by atoms with Crippen LogP contribution >= 0.6 is 0 Å². The minimum absolute atomic E-state index is 0.310. The summed E-state index contributed by atoms with van der Waals surface area (Å²) in [5, 5.41) is 15.7. The van der Waals surface area contributed by atoms with Gasteiger partial charge in [-0.25, -0.2) is 0 Å². The van der Waals surface area contributed by atoms with Crippen molar-refractivity contribution in [2.75, 3.05) is 19.7 Å². The fourth-order valence-electron chi connectivity index (χ4n) is 2.51. The van der Waals surface area contributed by atoms with Gasteiger partial charge in [0.2, 0.25) is 0 Å². The number of aliphatic hydroxyl groups excluding tert-OH is 1. The molecule has 1 aromatic heterocycles. The van der Waals surface area contributed by atoms with Crippen molar-refractivity contribution in [3.8, 4) is 0 Å². The van der Waals surface area contributed by atoms with Gasteiger partial charge in [-0.2, -0.15) is 5.10 Å². The van der Waals surface area contributed by atoms with Crippen molar-refractivity contribution < 1.29 is 5.11 Å². The molecule has 4 heteroatoms. The first-order valence-corrected chi connectivity index (χ1v) is 6.25. The normalized spacial score (nSPS) is 22.4. The molecule has 0 aromatic carbocycles. The smallest absolute Gasteiger partial charge is 0.0535 e. The summed E-state index contributed by atoms with van der Waals surface area (Å²) >= 11 is 0. The van der Waals surface area contributed by atoms with E-state index in [1.165, 1.54) is 31.4 Å². The number of hydrogen-bond donors (Lipinski definition) is 2. The summed E-state index contributed by atoms with van der Waals surface area (Å²) < 4.78 is 0. The minimum atomic E-state index is 0.310. The van der Waals surface area contributed by atoms with Crippen LogP contribution in [0.5, 0.6) is 0 Å². The lowest BCUT2D eigenvalue weighted by atomic mass is 9.97. The lowest BCUT2D eigenvalue weighted by Crippen LogP contribution is -2.34. The van der Waals surface area contributed by atoms with Gasteiger partial charge >= 0.3 is 0 Å². The summed E-state index contributed by atoms with van der Waals surface area (Å²) in [7, 11) is 0. The maximum atomic E-state index is 8.81. The highest BCUT2D eigenvalue weighted by Crippen LogP contribution is 2.30. The van der Waals surface area contributed by atoms with E-state index in [1.54, 1.807) is 0 Å². The van der Waals surface area contributed by atoms with Crippen LogP contribution in [0, 0.1) is 0 Å². The zero-order valence-electron chi connectivity index (χ0n) is 9.73. The predicted octanol–water partition coefficient (Wildman–Crippen LogP) is 1.71. The van der Waals surface area contributed by atoms with Gasteiger partial charge < -0.3 is 5.11 Å². The number of nitrogens with one attached hydrogen (secondary N) is 1. The molecule has 1 fully saturated rings. The predicted molar refractivity (Wildman–Crippen MR) is 63.1 cm³/mol. The summed E-state index contributed by atoms with van der Waals surface area (Å²) in [4.78, 5) is 2.53. The molecule has 4 nitrogen and oxygen atoms in total. The van der Waals surface area contributed by atoms with E-state index in [4.69, 9.17) is 5.11 Å². The molecule has 0 bridgehead atoms. The number of aromatic nitrogens is 2. The highest BCUT2D eigenvalue weighted by Gasteiger charge is 2.23. The van der Waals surface area contributed by atoms with E-state index >= 15 is 0 Å². The van der Waals surface area contributed by atoms with Crippen LogP contribution in [0.15, 0.2) is 12.4 Å². The van der Waals surface area contributed by atoms with Crippen LogP contribution in [0.25, 0.3) is 0 Å². The Bertz CT molecular complexity index is 286. The van der Waals surface area contributed by atoms with Gasteiger partial charge in [-0.05, 0) is 38.8 Å². The lowest BCUT2D eigenvalue weighted by molar-refractivity contribution is 0.142. The van der Waals surface area contributed by atoms with Gasteiger partial charge in [-0.15, -0.1) is 0 Å². The average molecular weight is 223 g/mol. The van der Waals surface area contributed by atoms with Gasteiger partial charge in [0.25, 0.3) is 0 Å². The van der Waals surface area contributed by atoms with Crippen molar-refractivity contribution in [2.24, 2.45) is 0 Å². The third-order valence-electron chi connectivity index (χ3n) is 3.37. The average Bonchev–Trinajstić information content (AvgIpc) is 2.83. The minimum Gasteiger partial charge on any atom is -0.396 e. The van der Waals surface area contributed by atoms with Crippen LogP contribution in [0.3, 0.4) is 0 Å². The molecule has 1 aliphatic heterocycles. The SMILES string of the molecule is OCCCCN1CCCCC1c1cn[nH]c1. The number of aliphatic hydroxyl groups is 1. The second kappa shape index (κ2) is 6.01. The van der Waals surface area contributed by atoms with E-state index in [0.29, 0.717) is 12.6 Å². The number of nitrogens with zero attached hydrogens (tertiary/aromatic N) is 2. The Balaban J connectivity index is 1.92. The Kier molecular flexibility index (Phi) is 4.36. The summed E-state index contributed by atoms with van der Waals surface area (Å²) in [5.41, 5.74) is 1.31. The van der Waals surface area contributed by atoms with E-state index in [2.05, 4.69) is 15.1 Å². The zero-order valence-corrected chi connectivity index (χ0v) is 9.73. The number of hydrogen-bond acceptors (Lipinski definition) is 3. The number of rotatable bonds is 5. The first-order chi connectivity index (χ1) is 7.92. The number of piperidine rings is 1. The molecule has 90 valence electrons. The molecule has 0 aliphatic carbocycles. The van der Waals surface area contributed by atoms with Crippen LogP contribution in [0.1, 0.15) is 43.7 Å². The molecule has 1 saturated heterocycles. The molecule has 0 spiro atoms. The van der Waals surface area contributed by atoms with Crippen LogP contribution in [0.2, 0.25) is 0 Å². The van der Waals surface area contributed by atoms with E-state index in [-0.39, 0.29) is 0 Å². The molecule has 1 unspecified atom stereocenters. The molecule has 2 rings (SSSR count). The Morgan fingerprint density at radius 3 is 3.12 bits per heavy atom. The Labute approximate surface area is 96.7 Å². The van der Waals surface area contributed by atoms with Crippen LogP contribution in [-0.4, -0.2) is 39.9 Å². The Morgan fingerprint density at radius 2 is 2.38 bits per heavy atom. The zero-order chi connectivity index (χ0) is 11.2. The molecule has 2 N–H and O–H groups in total. The monoisotopic (exact) mass is 223 g/mol. The summed E-state index contributed by atoms with van der Waals surface area (Å²) in [6, 6.07) is 0.534. The molecule has 2 heterocycles. The van der Waals surface area contributed by atoms with Gasteiger partial charge in [0.1, 0.15) is 0 Å². The molecule has 1 atom stereocenters. The first kappa shape index (κ1) is 11.6. The molecule has 0 radical (unpaired) electrons. The maximum Gasteiger partial charge on any atom is 0.0535 e. The fourth-order valence-corrected chi connectivity index (χ4v) is 2.51. The van der Waals surface area contributed by atoms with Crippen molar-refractivity contribution in [3.05, 3.63) is 18.0 Å². The van der Waals surface area contributed by atoms with E-state index < -0.39 is 0 Å². The third-order valence-corrected chi connectivity index (χ3v) is 3.37. The second-order valence-corrected chi connectivity index (χ2v) is 4.51. The lowest BCUT2D eigenvalue weighted by Gasteiger charge is -2.35. The van der Waals surface area contributed by atoms with Gasteiger partial charge in [-0.1, -0.05) is 6.42 Å². The number of aromatic amines is 1. The van der Waals surface area contributed by atoms with Crippen molar-refractivity contribution in [1.29, 1.82) is 0 Å². The fraction of sp³-hybridized carbons (Fsp3) is 0.750. The third kappa shape index (κ3) is 2.83. The van der Waals surface area contributed by atoms with E-state index in [0.717, 1.165) is 19.4 Å². The largest absolute Gasteiger partial charge is 0.396 e. The van der Waals surface area contributed by atoms with Crippen molar-refractivity contribution in [1.82, 2.24) is 15.1 Å². The molecule has 16 heavy (non-hydrogen) atoms. The van der Waals surface area contributed by atoms with Crippen LogP contribution in [0.4, 0.5) is 0 Å². The topological polar surface area (TPSA) is 52.1 Å². The number of H-pyrrole nitrogens is 1. The molecule has 1 aliphatic rings. The second-order valence-electron chi connectivity index (χ2n) is 4.51. The van der Waals surface area contributed by atoms with Crippen molar-refractivity contribution in [3.63, 3.8) is 0 Å². The van der Waals surface area contributed by atoms with E-state index in [1.807, 2.05) is 12.4 Å².